The van der Waals surface area contributed by atoms with Crippen molar-refractivity contribution in [2.45, 2.75) is 64.7 Å². The number of hydrogen-bond donors (Lipinski definition) is 2. The van der Waals surface area contributed by atoms with Gasteiger partial charge in [-0.05, 0) is 62.1 Å². The third-order valence-corrected chi connectivity index (χ3v) is 7.90. The topological polar surface area (TPSA) is 180 Å². The van der Waals surface area contributed by atoms with Crippen molar-refractivity contribution in [3.05, 3.63) is 45.5 Å². The fourth-order valence-electron chi connectivity index (χ4n) is 5.51. The first-order valence-electron chi connectivity index (χ1n) is 12.6. The first-order chi connectivity index (χ1) is 18.2. The van der Waals surface area contributed by atoms with Crippen molar-refractivity contribution < 1.29 is 48.8 Å². The minimum atomic E-state index is -1.35. The lowest BCUT2D eigenvalue weighted by molar-refractivity contribution is -0.757. The number of aliphatic carboxylic acids is 1. The van der Waals surface area contributed by atoms with Gasteiger partial charge in [-0.2, -0.15) is 0 Å². The Morgan fingerprint density at radius 2 is 1.85 bits per heavy atom. The number of carboxylic acids is 1. The van der Waals surface area contributed by atoms with Crippen LogP contribution < -0.4 is 4.74 Å². The molecule has 1 aromatic rings. The largest absolute Gasteiger partial charge is 0.508 e. The number of carboxylic acid groups (broad SMARTS) is 1. The molecule has 3 fully saturated rings. The lowest BCUT2D eigenvalue weighted by Crippen LogP contribution is -2.56. The molecule has 39 heavy (non-hydrogen) atoms. The maximum atomic E-state index is 12.9. The second-order valence-corrected chi connectivity index (χ2v) is 11.0. The lowest BCUT2D eigenvalue weighted by atomic mass is 9.44. The van der Waals surface area contributed by atoms with E-state index in [1.54, 1.807) is 13.8 Å². The molecule has 0 aliphatic heterocycles. The molecule has 2 N–H and O–H groups in total. The highest BCUT2D eigenvalue weighted by atomic mass is 16.9. The number of carbonyl (C=O) groups excluding carboxylic acids is 3. The van der Waals surface area contributed by atoms with Crippen LogP contribution in [0.15, 0.2) is 24.3 Å². The SMILES string of the molecule is CC(C)(C(=O)OCCCCO[N+](=O)[O-])c1cc(O)c([C@H]2CC(=O)[C@H]3C[C@@H]2C3(C)C)c(OC(=O)C=CC(=O)O)c1. The number of rotatable bonds is 12. The van der Waals surface area contributed by atoms with Crippen LogP contribution in [0.4, 0.5) is 0 Å². The Morgan fingerprint density at radius 3 is 2.44 bits per heavy atom. The van der Waals surface area contributed by atoms with Crippen LogP contribution in [0.2, 0.25) is 0 Å². The number of nitrogens with zero attached hydrogens (tertiary/aromatic N) is 1. The van der Waals surface area contributed by atoms with Gasteiger partial charge in [0.05, 0.1) is 18.6 Å². The number of unbranched alkanes of at least 4 members (excludes halogenated alkanes) is 1. The summed E-state index contributed by atoms with van der Waals surface area (Å²) in [6, 6.07) is 2.81. The summed E-state index contributed by atoms with van der Waals surface area (Å²) < 4.78 is 10.8. The van der Waals surface area contributed by atoms with Crippen LogP contribution in [0, 0.1) is 27.4 Å². The number of esters is 2. The van der Waals surface area contributed by atoms with Gasteiger partial charge in [-0.1, -0.05) is 13.8 Å². The molecule has 4 rings (SSSR count). The summed E-state index contributed by atoms with van der Waals surface area (Å²) in [5.41, 5.74) is -1.09. The zero-order valence-electron chi connectivity index (χ0n) is 22.3. The summed E-state index contributed by atoms with van der Waals surface area (Å²) >= 11 is 0. The number of aromatic hydroxyl groups is 1. The van der Waals surface area contributed by atoms with Gasteiger partial charge >= 0.3 is 17.9 Å². The van der Waals surface area contributed by atoms with E-state index in [0.29, 0.717) is 25.3 Å². The van der Waals surface area contributed by atoms with Gasteiger partial charge in [0, 0.05) is 36.0 Å². The van der Waals surface area contributed by atoms with Crippen molar-refractivity contribution in [2.24, 2.45) is 17.3 Å². The molecule has 12 heteroatoms. The second-order valence-electron chi connectivity index (χ2n) is 11.0. The molecule has 0 heterocycles. The summed E-state index contributed by atoms with van der Waals surface area (Å²) in [5, 5.41) is 29.3. The third-order valence-electron chi connectivity index (χ3n) is 7.90. The van der Waals surface area contributed by atoms with E-state index >= 15 is 0 Å². The van der Waals surface area contributed by atoms with E-state index in [9.17, 15) is 34.4 Å². The van der Waals surface area contributed by atoms with Crippen molar-refractivity contribution in [1.82, 2.24) is 0 Å². The Hall–Kier alpha value is -3.96. The molecule has 0 unspecified atom stereocenters. The van der Waals surface area contributed by atoms with Gasteiger partial charge in [-0.15, -0.1) is 10.1 Å². The van der Waals surface area contributed by atoms with Gasteiger partial charge in [0.15, 0.2) is 0 Å². The van der Waals surface area contributed by atoms with Crippen molar-refractivity contribution in [1.29, 1.82) is 0 Å². The Balaban J connectivity index is 1.89. The molecule has 1 aromatic carbocycles. The fraction of sp³-hybridized carbons (Fsp3) is 0.556. The number of ketones is 1. The van der Waals surface area contributed by atoms with Gasteiger partial charge in [0.25, 0.3) is 5.09 Å². The smallest absolute Gasteiger partial charge is 0.336 e. The molecule has 3 aliphatic carbocycles. The Labute approximate surface area is 225 Å². The molecule has 0 saturated heterocycles. The van der Waals surface area contributed by atoms with Crippen LogP contribution in [0.25, 0.3) is 0 Å². The Bertz CT molecular complexity index is 1200. The number of Topliss-reactive ketones (excluding diaryl/α,β-unsaturated/α-hetero) is 1. The summed E-state index contributed by atoms with van der Waals surface area (Å²) in [7, 11) is 0. The molecule has 0 amide bonds. The predicted molar refractivity (Wildman–Crippen MR) is 134 cm³/mol. The number of ether oxygens (including phenoxy) is 2. The molecule has 212 valence electrons. The van der Waals surface area contributed by atoms with Gasteiger partial charge in [-0.25, -0.2) is 9.59 Å². The van der Waals surface area contributed by atoms with Gasteiger partial charge in [0.1, 0.15) is 17.3 Å². The zero-order valence-corrected chi connectivity index (χ0v) is 22.3. The number of phenols is 1. The van der Waals surface area contributed by atoms with Gasteiger partial charge < -0.3 is 24.5 Å². The zero-order chi connectivity index (χ0) is 29.1. The predicted octanol–water partition coefficient (Wildman–Crippen LogP) is 3.47. The maximum Gasteiger partial charge on any atom is 0.336 e. The molecule has 3 aliphatic rings. The van der Waals surface area contributed by atoms with E-state index in [0.717, 1.165) is 6.08 Å². The lowest BCUT2D eigenvalue weighted by Gasteiger charge is -2.59. The number of fused-ring (bicyclic) bond motifs is 2. The van der Waals surface area contributed by atoms with E-state index in [1.165, 1.54) is 12.1 Å². The number of hydrogen-bond acceptors (Lipinski definition) is 10. The molecule has 0 radical (unpaired) electrons. The van der Waals surface area contributed by atoms with Crippen LogP contribution in [-0.4, -0.2) is 52.2 Å². The summed E-state index contributed by atoms with van der Waals surface area (Å²) in [6.07, 6.45) is 2.78. The molecular weight excluding hydrogens is 514 g/mol. The van der Waals surface area contributed by atoms with Gasteiger partial charge in [-0.3, -0.25) is 9.59 Å². The van der Waals surface area contributed by atoms with E-state index in [1.807, 2.05) is 13.8 Å². The Morgan fingerprint density at radius 1 is 1.18 bits per heavy atom. The average Bonchev–Trinajstić information content (AvgIpc) is 2.83. The highest BCUT2D eigenvalue weighted by Gasteiger charge is 2.59. The summed E-state index contributed by atoms with van der Waals surface area (Å²) in [4.78, 5) is 63.5. The highest BCUT2D eigenvalue weighted by molar-refractivity contribution is 5.92. The standard InChI is InChI=1S/C27H33NO11/c1-26(2,25(34)37-9-5-6-10-38-28(35)36)15-11-20(30)24(21(12-15)39-23(33)8-7-22(31)32)16-13-19(29)18-14-17(16)27(18,3)4/h7-8,11-12,16-18,30H,5-6,9-10,13-14H2,1-4H3,(H,31,32)/t16-,17-,18+/m0/s1. The fourth-order valence-corrected chi connectivity index (χ4v) is 5.51. The van der Waals surface area contributed by atoms with Crippen molar-refractivity contribution in [2.75, 3.05) is 13.2 Å². The number of phenolic OH excluding ortho intramolecular Hbond substituents is 1. The first-order valence-corrected chi connectivity index (χ1v) is 12.6. The minimum absolute atomic E-state index is 0.0165. The second kappa shape index (κ2) is 11.4. The van der Waals surface area contributed by atoms with E-state index in [4.69, 9.17) is 14.6 Å². The summed E-state index contributed by atoms with van der Waals surface area (Å²) in [6.45, 7) is 6.95. The average molecular weight is 548 g/mol. The molecule has 3 atom stereocenters. The molecule has 0 aromatic heterocycles. The first kappa shape index (κ1) is 29.6. The van der Waals surface area contributed by atoms with Crippen LogP contribution in [0.1, 0.15) is 70.4 Å². The number of carbonyl (C=O) groups is 4. The van der Waals surface area contributed by atoms with E-state index < -0.39 is 34.3 Å². The van der Waals surface area contributed by atoms with E-state index in [2.05, 4.69) is 4.84 Å². The molecule has 2 bridgehead atoms. The minimum Gasteiger partial charge on any atom is -0.508 e. The third kappa shape index (κ3) is 6.37. The molecular formula is C27H33NO11. The van der Waals surface area contributed by atoms with Crippen LogP contribution in [0.5, 0.6) is 11.5 Å². The van der Waals surface area contributed by atoms with Crippen LogP contribution in [-0.2, 0) is 34.2 Å². The quantitative estimate of drug-likeness (QED) is 0.0977. The number of benzene rings is 1. The highest BCUT2D eigenvalue weighted by Crippen LogP contribution is 2.64. The van der Waals surface area contributed by atoms with E-state index in [-0.39, 0.29) is 65.3 Å². The van der Waals surface area contributed by atoms with Crippen LogP contribution in [0.3, 0.4) is 0 Å². The van der Waals surface area contributed by atoms with Crippen molar-refractivity contribution in [3.8, 4) is 11.5 Å². The monoisotopic (exact) mass is 547 g/mol. The molecule has 12 nitrogen and oxygen atoms in total. The van der Waals surface area contributed by atoms with Gasteiger partial charge in [0.2, 0.25) is 0 Å². The van der Waals surface area contributed by atoms with Crippen LogP contribution >= 0.6 is 0 Å². The van der Waals surface area contributed by atoms with Crippen molar-refractivity contribution >= 4 is 23.7 Å². The summed E-state index contributed by atoms with van der Waals surface area (Å²) in [5.74, 6) is -3.72. The Kier molecular flexibility index (Phi) is 8.67. The normalized spacial score (nSPS) is 21.6. The molecule has 0 spiro atoms. The van der Waals surface area contributed by atoms with Crippen molar-refractivity contribution in [3.63, 3.8) is 0 Å². The molecule has 3 saturated carbocycles. The maximum absolute atomic E-state index is 12.9.